The molecule has 1 aromatic heterocycles. The molecule has 232 valence electrons. The summed E-state index contributed by atoms with van der Waals surface area (Å²) >= 11 is 0. The number of benzene rings is 2. The summed E-state index contributed by atoms with van der Waals surface area (Å²) in [6.07, 6.45) is -1.76. The van der Waals surface area contributed by atoms with Crippen LogP contribution in [0.1, 0.15) is 35.2 Å². The molecule has 7 nitrogen and oxygen atoms in total. The summed E-state index contributed by atoms with van der Waals surface area (Å²) in [7, 11) is -1.29. The highest BCUT2D eigenvalue weighted by Gasteiger charge is 2.40. The zero-order chi connectivity index (χ0) is 30.9. The van der Waals surface area contributed by atoms with Crippen LogP contribution in [0, 0.1) is 12.7 Å². The van der Waals surface area contributed by atoms with Crippen LogP contribution in [0.15, 0.2) is 48.8 Å². The number of para-hydroxylation sites is 1. The highest BCUT2D eigenvalue weighted by atomic mass is 28.3. The van der Waals surface area contributed by atoms with Crippen molar-refractivity contribution in [2.75, 3.05) is 29.5 Å². The number of fused-ring (bicyclic) bond motifs is 1. The molecule has 0 aliphatic carbocycles. The molecule has 0 atom stereocenters. The minimum Gasteiger partial charge on any atom is -0.369 e. The summed E-state index contributed by atoms with van der Waals surface area (Å²) in [5.41, 5.74) is 1.38. The van der Waals surface area contributed by atoms with Crippen molar-refractivity contribution >= 4 is 25.6 Å². The normalized spacial score (nSPS) is 16.7. The second-order valence-electron chi connectivity index (χ2n) is 12.6. The number of halogens is 4. The van der Waals surface area contributed by atoms with E-state index < -0.39 is 19.8 Å². The van der Waals surface area contributed by atoms with Crippen LogP contribution in [0.2, 0.25) is 25.7 Å². The maximum atomic E-state index is 14.7. The van der Waals surface area contributed by atoms with E-state index in [1.54, 1.807) is 23.4 Å². The molecule has 0 unspecified atom stereocenters. The smallest absolute Gasteiger partial charge is 0.369 e. The average Bonchev–Trinajstić information content (AvgIpc) is 3.34. The van der Waals surface area contributed by atoms with E-state index in [9.17, 15) is 22.4 Å². The summed E-state index contributed by atoms with van der Waals surface area (Å²) in [5.74, 6) is 0.0797. The third-order valence-electron chi connectivity index (χ3n) is 8.26. The average molecular weight is 618 g/mol. The van der Waals surface area contributed by atoms with Crippen LogP contribution >= 0.6 is 0 Å². The van der Waals surface area contributed by atoms with Crippen molar-refractivity contribution in [2.24, 2.45) is 0 Å². The van der Waals surface area contributed by atoms with Gasteiger partial charge in [0.05, 0.1) is 36.4 Å². The number of anilines is 2. The Morgan fingerprint density at radius 3 is 2.44 bits per heavy atom. The van der Waals surface area contributed by atoms with Gasteiger partial charge in [-0.25, -0.2) is 14.2 Å². The summed E-state index contributed by atoms with van der Waals surface area (Å²) in [5, 5.41) is 0. The van der Waals surface area contributed by atoms with Gasteiger partial charge in [-0.3, -0.25) is 4.90 Å². The van der Waals surface area contributed by atoms with Crippen LogP contribution in [-0.2, 0) is 30.7 Å². The molecular weight excluding hydrogens is 578 g/mol. The molecule has 0 N–H and O–H groups in total. The number of ether oxygens (including phenoxy) is 1. The molecule has 1 saturated heterocycles. The first kappa shape index (κ1) is 31.1. The van der Waals surface area contributed by atoms with Gasteiger partial charge in [-0.1, -0.05) is 50.0 Å². The van der Waals surface area contributed by atoms with Crippen LogP contribution in [0.25, 0.3) is 0 Å². The Kier molecular flexibility index (Phi) is 8.89. The maximum Gasteiger partial charge on any atom is 0.416 e. The predicted octanol–water partition coefficient (Wildman–Crippen LogP) is 7.27. The SMILES string of the molecule is Cc1cccc(F)c1N1CCC(N2Cc3c(ncn3COCC[Si](C)(C)C)N(Cc3ccccc3C(F)(F)F)C2=O)CC1. The topological polar surface area (TPSA) is 53.8 Å². The number of alkyl halides is 3. The van der Waals surface area contributed by atoms with Gasteiger partial charge in [0, 0.05) is 33.8 Å². The van der Waals surface area contributed by atoms with Gasteiger partial charge < -0.3 is 19.1 Å². The highest BCUT2D eigenvalue weighted by molar-refractivity contribution is 6.76. The molecule has 5 rings (SSSR count). The molecule has 2 aliphatic heterocycles. The van der Waals surface area contributed by atoms with E-state index >= 15 is 0 Å². The Morgan fingerprint density at radius 1 is 1.05 bits per heavy atom. The van der Waals surface area contributed by atoms with Crippen LogP contribution in [0.5, 0.6) is 0 Å². The Hall–Kier alpha value is -3.38. The third-order valence-corrected chi connectivity index (χ3v) is 9.97. The minimum atomic E-state index is -4.56. The van der Waals surface area contributed by atoms with E-state index in [0.717, 1.165) is 23.4 Å². The number of hydrogen-bond donors (Lipinski definition) is 0. The van der Waals surface area contributed by atoms with Gasteiger partial charge in [-0.05, 0) is 49.1 Å². The first-order chi connectivity index (χ1) is 20.3. The minimum absolute atomic E-state index is 0.00179. The maximum absolute atomic E-state index is 14.7. The van der Waals surface area contributed by atoms with E-state index in [1.165, 1.54) is 23.1 Å². The van der Waals surface area contributed by atoms with Crippen molar-refractivity contribution in [1.29, 1.82) is 0 Å². The van der Waals surface area contributed by atoms with Crippen molar-refractivity contribution in [3.8, 4) is 0 Å². The second kappa shape index (κ2) is 12.3. The largest absolute Gasteiger partial charge is 0.416 e. The number of aryl methyl sites for hydroxylation is 1. The van der Waals surface area contributed by atoms with Gasteiger partial charge in [0.2, 0.25) is 0 Å². The number of rotatable bonds is 9. The molecule has 3 heterocycles. The van der Waals surface area contributed by atoms with Gasteiger partial charge in [0.15, 0.2) is 5.82 Å². The fourth-order valence-electron chi connectivity index (χ4n) is 5.87. The molecular formula is C31H39F4N5O2Si. The number of carbonyl (C=O) groups is 1. The lowest BCUT2D eigenvalue weighted by molar-refractivity contribution is -0.138. The van der Waals surface area contributed by atoms with Crippen molar-refractivity contribution in [1.82, 2.24) is 14.5 Å². The van der Waals surface area contributed by atoms with Crippen LogP contribution in [0.3, 0.4) is 0 Å². The first-order valence-corrected chi connectivity index (χ1v) is 18.4. The predicted molar refractivity (Wildman–Crippen MR) is 161 cm³/mol. The molecule has 12 heteroatoms. The van der Waals surface area contributed by atoms with E-state index in [0.29, 0.717) is 44.0 Å². The molecule has 0 radical (unpaired) electrons. The molecule has 2 aliphatic rings. The summed E-state index contributed by atoms with van der Waals surface area (Å²) in [6.45, 7) is 10.7. The van der Waals surface area contributed by atoms with Crippen molar-refractivity contribution in [3.05, 3.63) is 77.0 Å². The number of aromatic nitrogens is 2. The summed E-state index contributed by atoms with van der Waals surface area (Å²) in [6, 6.07) is 10.8. The quantitative estimate of drug-likeness (QED) is 0.144. The Bertz CT molecular complexity index is 1430. The number of carbonyl (C=O) groups excluding carboxylic acids is 1. The number of piperidine rings is 1. The number of urea groups is 1. The van der Waals surface area contributed by atoms with Crippen molar-refractivity contribution < 1.29 is 27.1 Å². The van der Waals surface area contributed by atoms with E-state index in [4.69, 9.17) is 4.74 Å². The monoisotopic (exact) mass is 617 g/mol. The number of hydrogen-bond acceptors (Lipinski definition) is 4. The highest BCUT2D eigenvalue weighted by Crippen LogP contribution is 2.37. The van der Waals surface area contributed by atoms with Crippen LogP contribution in [0.4, 0.5) is 33.9 Å². The van der Waals surface area contributed by atoms with Gasteiger partial charge >= 0.3 is 12.2 Å². The van der Waals surface area contributed by atoms with Crippen LogP contribution in [-0.4, -0.2) is 54.3 Å². The van der Waals surface area contributed by atoms with Gasteiger partial charge in [-0.2, -0.15) is 13.2 Å². The zero-order valence-corrected chi connectivity index (χ0v) is 26.1. The molecule has 0 bridgehead atoms. The lowest BCUT2D eigenvalue weighted by Crippen LogP contribution is -2.54. The fraction of sp³-hybridized carbons (Fsp3) is 0.484. The lowest BCUT2D eigenvalue weighted by atomic mass is 10.00. The lowest BCUT2D eigenvalue weighted by Gasteiger charge is -2.43. The Balaban J connectivity index is 1.40. The van der Waals surface area contributed by atoms with E-state index in [2.05, 4.69) is 24.6 Å². The zero-order valence-electron chi connectivity index (χ0n) is 25.1. The third kappa shape index (κ3) is 6.90. The van der Waals surface area contributed by atoms with E-state index in [1.807, 2.05) is 22.5 Å². The number of imidazole rings is 1. The molecule has 2 aromatic carbocycles. The molecule has 0 saturated carbocycles. The van der Waals surface area contributed by atoms with Crippen LogP contribution < -0.4 is 9.80 Å². The summed E-state index contributed by atoms with van der Waals surface area (Å²) in [4.78, 5) is 23.6. The number of amides is 2. The molecule has 1 fully saturated rings. The van der Waals surface area contributed by atoms with E-state index in [-0.39, 0.29) is 43.3 Å². The second-order valence-corrected chi connectivity index (χ2v) is 18.2. The molecule has 43 heavy (non-hydrogen) atoms. The van der Waals surface area contributed by atoms with Crippen molar-refractivity contribution in [3.63, 3.8) is 0 Å². The van der Waals surface area contributed by atoms with Crippen molar-refractivity contribution in [2.45, 2.75) is 77.5 Å². The van der Waals surface area contributed by atoms with Gasteiger partial charge in [0.1, 0.15) is 12.5 Å². The Morgan fingerprint density at radius 2 is 1.77 bits per heavy atom. The Labute approximate surface area is 251 Å². The standard InChI is InChI=1S/C31H39F4N5O2Si/c1-22-8-7-11-26(32)28(22)37-14-12-24(13-15-37)39-19-27-29(36-20-38(27)21-42-16-17-43(2,3)4)40(30(39)41)18-23-9-5-6-10-25(23)31(33,34)35/h5-11,20,24H,12-19,21H2,1-4H3. The molecule has 0 spiro atoms. The molecule has 2 amide bonds. The number of nitrogens with zero attached hydrogens (tertiary/aromatic N) is 5. The van der Waals surface area contributed by atoms with Gasteiger partial charge in [0.25, 0.3) is 0 Å². The molecule has 3 aromatic rings. The fourth-order valence-corrected chi connectivity index (χ4v) is 6.63. The first-order valence-electron chi connectivity index (χ1n) is 14.7. The van der Waals surface area contributed by atoms with Gasteiger partial charge in [-0.15, -0.1) is 0 Å². The summed E-state index contributed by atoms with van der Waals surface area (Å²) < 4.78 is 64.1.